The molecule has 2 aromatic carbocycles. The smallest absolute Gasteiger partial charge is 0.262 e. The van der Waals surface area contributed by atoms with Gasteiger partial charge in [0.2, 0.25) is 10.0 Å². The van der Waals surface area contributed by atoms with Crippen LogP contribution in [-0.2, 0) is 27.8 Å². The number of hydrogen-bond acceptors (Lipinski definition) is 7. The number of para-hydroxylation sites is 1. The van der Waals surface area contributed by atoms with Crippen LogP contribution in [0, 0.1) is 5.92 Å². The van der Waals surface area contributed by atoms with Gasteiger partial charge in [-0.15, -0.1) is 0 Å². The van der Waals surface area contributed by atoms with E-state index in [1.807, 2.05) is 24.3 Å². The highest BCUT2D eigenvalue weighted by Gasteiger charge is 2.42. The molecule has 1 aromatic heterocycles. The van der Waals surface area contributed by atoms with Crippen LogP contribution in [-0.4, -0.2) is 48.1 Å². The van der Waals surface area contributed by atoms with E-state index >= 15 is 0 Å². The van der Waals surface area contributed by atoms with Gasteiger partial charge in [0.15, 0.2) is 0 Å². The van der Waals surface area contributed by atoms with Crippen molar-refractivity contribution in [3.63, 3.8) is 0 Å². The van der Waals surface area contributed by atoms with Crippen molar-refractivity contribution in [3.8, 4) is 11.5 Å². The monoisotopic (exact) mass is 553 g/mol. The molecule has 1 amide bonds. The van der Waals surface area contributed by atoms with E-state index in [0.717, 1.165) is 17.7 Å². The molecule has 0 bridgehead atoms. The third-order valence-corrected chi connectivity index (χ3v) is 9.10. The lowest BCUT2D eigenvalue weighted by Gasteiger charge is -2.38. The van der Waals surface area contributed by atoms with Gasteiger partial charge in [-0.2, -0.15) is 4.31 Å². The van der Waals surface area contributed by atoms with Crippen LogP contribution in [0.5, 0.6) is 11.5 Å². The van der Waals surface area contributed by atoms with Crippen molar-refractivity contribution in [2.45, 2.75) is 62.6 Å². The number of pyridine rings is 1. The summed E-state index contributed by atoms with van der Waals surface area (Å²) in [6.07, 6.45) is 6.39. The number of rotatable bonds is 11. The lowest BCUT2D eigenvalue weighted by Crippen LogP contribution is -2.53. The fourth-order valence-corrected chi connectivity index (χ4v) is 6.78. The second kappa shape index (κ2) is 13.1. The Bertz CT molecular complexity index is 1330. The molecule has 1 saturated carbocycles. The van der Waals surface area contributed by atoms with Crippen molar-refractivity contribution >= 4 is 15.9 Å². The minimum atomic E-state index is -4.14. The summed E-state index contributed by atoms with van der Waals surface area (Å²) in [6, 6.07) is 16.3. The number of sulfonamides is 1. The Kier molecular flexibility index (Phi) is 9.55. The normalized spacial score (nSPS) is 18.4. The van der Waals surface area contributed by atoms with Crippen molar-refractivity contribution in [2.75, 3.05) is 7.11 Å². The third-order valence-electron chi connectivity index (χ3n) is 7.26. The van der Waals surface area contributed by atoms with Crippen LogP contribution in [0.25, 0.3) is 0 Å². The average Bonchev–Trinajstić information content (AvgIpc) is 2.98. The van der Waals surface area contributed by atoms with Gasteiger partial charge in [0, 0.05) is 18.9 Å². The summed E-state index contributed by atoms with van der Waals surface area (Å²) >= 11 is 0. The predicted octanol–water partition coefficient (Wildman–Crippen LogP) is 4.36. The van der Waals surface area contributed by atoms with E-state index < -0.39 is 22.0 Å². The third kappa shape index (κ3) is 6.76. The molecular formula is C29H35N3O6S. The van der Waals surface area contributed by atoms with Gasteiger partial charge in [-0.25, -0.2) is 13.9 Å². The molecule has 39 heavy (non-hydrogen) atoms. The van der Waals surface area contributed by atoms with Crippen molar-refractivity contribution in [1.82, 2.24) is 14.8 Å². The van der Waals surface area contributed by atoms with Gasteiger partial charge in [-0.1, -0.05) is 25.1 Å². The van der Waals surface area contributed by atoms with Gasteiger partial charge < -0.3 is 9.47 Å². The number of ether oxygens (including phenoxy) is 2. The summed E-state index contributed by atoms with van der Waals surface area (Å²) in [5.74, 6) is 0.284. The van der Waals surface area contributed by atoms with Gasteiger partial charge >= 0.3 is 0 Å². The second-order valence-electron chi connectivity index (χ2n) is 9.62. The van der Waals surface area contributed by atoms with E-state index in [4.69, 9.17) is 9.47 Å². The molecule has 0 unspecified atom stereocenters. The number of aryl methyl sites for hydroxylation is 1. The first-order valence-corrected chi connectivity index (χ1v) is 14.5. The zero-order chi connectivity index (χ0) is 27.8. The van der Waals surface area contributed by atoms with E-state index in [1.165, 1.54) is 23.5 Å². The van der Waals surface area contributed by atoms with E-state index in [1.54, 1.807) is 42.1 Å². The lowest BCUT2D eigenvalue weighted by molar-refractivity contribution is -0.135. The van der Waals surface area contributed by atoms with Gasteiger partial charge in [-0.3, -0.25) is 15.0 Å². The molecule has 0 spiro atoms. The van der Waals surface area contributed by atoms with Crippen molar-refractivity contribution in [2.24, 2.45) is 5.92 Å². The van der Waals surface area contributed by atoms with Crippen LogP contribution >= 0.6 is 0 Å². The van der Waals surface area contributed by atoms with E-state index in [-0.39, 0.29) is 23.5 Å². The molecular weight excluding hydrogens is 518 g/mol. The molecule has 9 nitrogen and oxygen atoms in total. The molecule has 1 atom stereocenters. The number of hydrogen-bond donors (Lipinski definition) is 2. The molecule has 0 aliphatic heterocycles. The first-order valence-electron chi connectivity index (χ1n) is 13.1. The number of benzene rings is 2. The van der Waals surface area contributed by atoms with Crippen molar-refractivity contribution in [1.29, 1.82) is 0 Å². The topological polar surface area (TPSA) is 118 Å². The van der Waals surface area contributed by atoms with E-state index in [0.29, 0.717) is 37.0 Å². The van der Waals surface area contributed by atoms with Crippen LogP contribution in [0.4, 0.5) is 0 Å². The molecule has 2 N–H and O–H groups in total. The Hall–Kier alpha value is -3.47. The van der Waals surface area contributed by atoms with Crippen LogP contribution in [0.1, 0.15) is 43.7 Å². The molecule has 1 aliphatic rings. The molecule has 0 saturated heterocycles. The predicted molar refractivity (Wildman–Crippen MR) is 146 cm³/mol. The van der Waals surface area contributed by atoms with Crippen LogP contribution in [0.15, 0.2) is 78.0 Å². The summed E-state index contributed by atoms with van der Waals surface area (Å²) in [5.41, 5.74) is 3.53. The SMILES string of the molecule is CCc1ccccc1OC1CCC([C@H](C(=O)NO)N(Cc2ccncc2)S(=O)(=O)c2ccc(OC)cc2)CC1. The van der Waals surface area contributed by atoms with Crippen molar-refractivity contribution in [3.05, 3.63) is 84.2 Å². The summed E-state index contributed by atoms with van der Waals surface area (Å²) < 4.78 is 40.7. The highest BCUT2D eigenvalue weighted by molar-refractivity contribution is 7.89. The van der Waals surface area contributed by atoms with Gasteiger partial charge in [0.1, 0.15) is 17.5 Å². The summed E-state index contributed by atoms with van der Waals surface area (Å²) in [4.78, 5) is 17.2. The number of aromatic nitrogens is 1. The molecule has 208 valence electrons. The molecule has 4 rings (SSSR count). The summed E-state index contributed by atoms with van der Waals surface area (Å²) in [6.45, 7) is 2.02. The van der Waals surface area contributed by atoms with E-state index in [2.05, 4.69) is 11.9 Å². The number of nitrogens with one attached hydrogen (secondary N) is 1. The van der Waals surface area contributed by atoms with Crippen LogP contribution < -0.4 is 15.0 Å². The summed E-state index contributed by atoms with van der Waals surface area (Å²) in [5, 5.41) is 9.69. The van der Waals surface area contributed by atoms with Gasteiger partial charge in [-0.05, 0) is 91.6 Å². The number of nitrogens with zero attached hydrogens (tertiary/aromatic N) is 2. The molecule has 0 radical (unpaired) electrons. The number of carbonyl (C=O) groups excluding carboxylic acids is 1. The van der Waals surface area contributed by atoms with Gasteiger partial charge in [0.25, 0.3) is 5.91 Å². The fourth-order valence-electron chi connectivity index (χ4n) is 5.14. The van der Waals surface area contributed by atoms with Crippen LogP contribution in [0.2, 0.25) is 0 Å². The lowest BCUT2D eigenvalue weighted by atomic mass is 9.82. The number of carbonyl (C=O) groups is 1. The standard InChI is InChI=1S/C29H35N3O6S/c1-3-22-6-4-5-7-27(22)38-25-10-8-23(9-11-25)28(29(33)31-34)32(20-21-16-18-30-19-17-21)39(35,36)26-14-12-24(37-2)13-15-26/h4-7,12-19,23,25,28,34H,3,8-11,20H2,1-2H3,(H,31,33)/t23?,25?,28-/m1/s1. The number of methoxy groups -OCH3 is 1. The zero-order valence-electron chi connectivity index (χ0n) is 22.2. The Morgan fingerprint density at radius 2 is 1.72 bits per heavy atom. The Labute approximate surface area is 229 Å². The Morgan fingerprint density at radius 3 is 2.33 bits per heavy atom. The molecule has 1 fully saturated rings. The largest absolute Gasteiger partial charge is 0.497 e. The maximum Gasteiger partial charge on any atom is 0.262 e. The molecule has 1 aliphatic carbocycles. The zero-order valence-corrected chi connectivity index (χ0v) is 23.0. The first kappa shape index (κ1) is 28.5. The highest BCUT2D eigenvalue weighted by atomic mass is 32.2. The Balaban J connectivity index is 1.62. The van der Waals surface area contributed by atoms with Crippen LogP contribution in [0.3, 0.4) is 0 Å². The maximum absolute atomic E-state index is 14.0. The highest BCUT2D eigenvalue weighted by Crippen LogP contribution is 2.35. The second-order valence-corrected chi connectivity index (χ2v) is 11.5. The molecule has 1 heterocycles. The van der Waals surface area contributed by atoms with E-state index in [9.17, 15) is 18.4 Å². The molecule has 10 heteroatoms. The molecule has 3 aromatic rings. The summed E-state index contributed by atoms with van der Waals surface area (Å²) in [7, 11) is -2.64. The average molecular weight is 554 g/mol. The fraction of sp³-hybridized carbons (Fsp3) is 0.379. The maximum atomic E-state index is 14.0. The minimum absolute atomic E-state index is 0.0290. The first-order chi connectivity index (χ1) is 18.9. The number of hydroxylamine groups is 1. The van der Waals surface area contributed by atoms with Crippen molar-refractivity contribution < 1.29 is 27.9 Å². The minimum Gasteiger partial charge on any atom is -0.497 e. The number of amides is 1. The van der Waals surface area contributed by atoms with Gasteiger partial charge in [0.05, 0.1) is 18.1 Å². The Morgan fingerprint density at radius 1 is 1.05 bits per heavy atom. The quantitative estimate of drug-likeness (QED) is 0.268.